The molecule has 1 spiro atoms. The van der Waals surface area contributed by atoms with Crippen molar-refractivity contribution in [3.8, 4) is 0 Å². The van der Waals surface area contributed by atoms with Gasteiger partial charge in [0, 0.05) is 6.04 Å². The summed E-state index contributed by atoms with van der Waals surface area (Å²) >= 11 is 0. The Morgan fingerprint density at radius 2 is 1.90 bits per heavy atom. The molecule has 3 unspecified atom stereocenters. The summed E-state index contributed by atoms with van der Waals surface area (Å²) < 4.78 is 0. The number of hydrogen-bond acceptors (Lipinski definition) is 2. The second-order valence-corrected chi connectivity index (χ2v) is 7.34. The van der Waals surface area contributed by atoms with Crippen LogP contribution in [0.15, 0.2) is 0 Å². The van der Waals surface area contributed by atoms with Gasteiger partial charge in [0.25, 0.3) is 0 Å². The molecule has 1 heterocycles. The molecule has 0 aromatic rings. The van der Waals surface area contributed by atoms with Gasteiger partial charge in [0.2, 0.25) is 5.91 Å². The van der Waals surface area contributed by atoms with E-state index in [4.69, 9.17) is 0 Å². The van der Waals surface area contributed by atoms with Gasteiger partial charge in [0.05, 0.1) is 11.7 Å². The fourth-order valence-electron chi connectivity index (χ4n) is 4.64. The minimum atomic E-state index is -0.182. The van der Waals surface area contributed by atoms with E-state index in [-0.39, 0.29) is 5.54 Å². The molecular formula is C17H30N2O. The van der Waals surface area contributed by atoms with Gasteiger partial charge in [-0.2, -0.15) is 0 Å². The van der Waals surface area contributed by atoms with Gasteiger partial charge in [-0.15, -0.1) is 0 Å². The lowest BCUT2D eigenvalue weighted by Gasteiger charge is -2.32. The zero-order chi connectivity index (χ0) is 14.2. The SMILES string of the molecule is CCC1NC2(CCCC2)C(=O)N1C1CCCC(C)CC1. The van der Waals surface area contributed by atoms with Crippen LogP contribution in [0.25, 0.3) is 0 Å². The number of amides is 1. The number of carbonyl (C=O) groups is 1. The third kappa shape index (κ3) is 2.38. The van der Waals surface area contributed by atoms with E-state index in [0.29, 0.717) is 18.1 Å². The van der Waals surface area contributed by atoms with E-state index in [1.807, 2.05) is 0 Å². The molecule has 0 aromatic heterocycles. The molecule has 3 heteroatoms. The summed E-state index contributed by atoms with van der Waals surface area (Å²) in [4.78, 5) is 15.3. The van der Waals surface area contributed by atoms with Crippen molar-refractivity contribution in [3.05, 3.63) is 0 Å². The summed E-state index contributed by atoms with van der Waals surface area (Å²) in [5.41, 5.74) is -0.182. The zero-order valence-electron chi connectivity index (χ0n) is 13.2. The van der Waals surface area contributed by atoms with E-state index in [1.54, 1.807) is 0 Å². The number of nitrogens with one attached hydrogen (secondary N) is 1. The second-order valence-electron chi connectivity index (χ2n) is 7.34. The Morgan fingerprint density at radius 1 is 1.15 bits per heavy atom. The van der Waals surface area contributed by atoms with Gasteiger partial charge >= 0.3 is 0 Å². The molecule has 2 aliphatic carbocycles. The summed E-state index contributed by atoms with van der Waals surface area (Å²) in [6.07, 6.45) is 12.2. The van der Waals surface area contributed by atoms with Gasteiger partial charge in [-0.3, -0.25) is 10.1 Å². The predicted octanol–water partition coefficient (Wildman–Crippen LogP) is 3.44. The molecule has 3 fully saturated rings. The lowest BCUT2D eigenvalue weighted by atomic mass is 9.96. The first-order chi connectivity index (χ1) is 9.66. The van der Waals surface area contributed by atoms with Crippen molar-refractivity contribution in [2.24, 2.45) is 5.92 Å². The maximum absolute atomic E-state index is 13.1. The molecule has 20 heavy (non-hydrogen) atoms. The highest BCUT2D eigenvalue weighted by Crippen LogP contribution is 2.39. The fraction of sp³-hybridized carbons (Fsp3) is 0.941. The molecule has 0 bridgehead atoms. The average Bonchev–Trinajstić information content (AvgIpc) is 2.95. The predicted molar refractivity (Wildman–Crippen MR) is 81.3 cm³/mol. The van der Waals surface area contributed by atoms with Crippen molar-refractivity contribution in [2.45, 2.75) is 95.8 Å². The summed E-state index contributed by atoms with van der Waals surface area (Å²) in [7, 11) is 0. The number of nitrogens with zero attached hydrogens (tertiary/aromatic N) is 1. The molecule has 1 N–H and O–H groups in total. The van der Waals surface area contributed by atoms with Crippen molar-refractivity contribution in [1.82, 2.24) is 10.2 Å². The first-order valence-electron chi connectivity index (χ1n) is 8.77. The van der Waals surface area contributed by atoms with Crippen LogP contribution >= 0.6 is 0 Å². The van der Waals surface area contributed by atoms with Crippen molar-refractivity contribution in [3.63, 3.8) is 0 Å². The monoisotopic (exact) mass is 278 g/mol. The number of rotatable bonds is 2. The molecule has 114 valence electrons. The largest absolute Gasteiger partial charge is 0.323 e. The molecule has 1 aliphatic heterocycles. The van der Waals surface area contributed by atoms with E-state index in [0.717, 1.165) is 25.2 Å². The van der Waals surface area contributed by atoms with Gasteiger partial charge in [-0.1, -0.05) is 39.5 Å². The van der Waals surface area contributed by atoms with Crippen LogP contribution in [-0.2, 0) is 4.79 Å². The van der Waals surface area contributed by atoms with E-state index >= 15 is 0 Å². The van der Waals surface area contributed by atoms with Crippen LogP contribution in [0.3, 0.4) is 0 Å². The first-order valence-corrected chi connectivity index (χ1v) is 8.77. The molecule has 0 radical (unpaired) electrons. The van der Waals surface area contributed by atoms with E-state index < -0.39 is 0 Å². The lowest BCUT2D eigenvalue weighted by Crippen LogP contribution is -2.45. The Bertz CT molecular complexity index is 362. The van der Waals surface area contributed by atoms with Crippen LogP contribution in [0, 0.1) is 5.92 Å². The van der Waals surface area contributed by atoms with Crippen LogP contribution in [0.5, 0.6) is 0 Å². The van der Waals surface area contributed by atoms with Gasteiger partial charge in [0.1, 0.15) is 0 Å². The lowest BCUT2D eigenvalue weighted by molar-refractivity contribution is -0.135. The molecule has 3 aliphatic rings. The van der Waals surface area contributed by atoms with Crippen molar-refractivity contribution in [1.29, 1.82) is 0 Å². The minimum Gasteiger partial charge on any atom is -0.323 e. The third-order valence-corrected chi connectivity index (χ3v) is 5.89. The molecule has 3 atom stereocenters. The average molecular weight is 278 g/mol. The highest BCUT2D eigenvalue weighted by Gasteiger charge is 2.53. The zero-order valence-corrected chi connectivity index (χ0v) is 13.2. The molecule has 1 amide bonds. The van der Waals surface area contributed by atoms with Crippen molar-refractivity contribution >= 4 is 5.91 Å². The molecule has 1 saturated heterocycles. The maximum atomic E-state index is 13.1. The number of hydrogen-bond donors (Lipinski definition) is 1. The highest BCUT2D eigenvalue weighted by atomic mass is 16.2. The molecule has 3 rings (SSSR count). The smallest absolute Gasteiger partial charge is 0.244 e. The minimum absolute atomic E-state index is 0.182. The summed E-state index contributed by atoms with van der Waals surface area (Å²) in [5.74, 6) is 1.27. The third-order valence-electron chi connectivity index (χ3n) is 5.89. The fourth-order valence-corrected chi connectivity index (χ4v) is 4.64. The van der Waals surface area contributed by atoms with Gasteiger partial charge < -0.3 is 4.90 Å². The molecule has 3 nitrogen and oxygen atoms in total. The van der Waals surface area contributed by atoms with Gasteiger partial charge in [-0.05, 0) is 44.4 Å². The summed E-state index contributed by atoms with van der Waals surface area (Å²) in [5, 5.41) is 3.72. The van der Waals surface area contributed by atoms with E-state index in [2.05, 4.69) is 24.1 Å². The van der Waals surface area contributed by atoms with E-state index in [1.165, 1.54) is 44.9 Å². The van der Waals surface area contributed by atoms with Crippen LogP contribution in [0.1, 0.15) is 78.1 Å². The quantitative estimate of drug-likeness (QED) is 0.785. The molecule has 2 saturated carbocycles. The standard InChI is InChI=1S/C17H30N2O/c1-3-15-18-17(11-4-5-12-17)16(20)19(15)14-8-6-7-13(2)9-10-14/h13-15,18H,3-12H2,1-2H3. The Balaban J connectivity index is 1.78. The Morgan fingerprint density at radius 3 is 2.60 bits per heavy atom. The Labute approximate surface area is 123 Å². The van der Waals surface area contributed by atoms with Gasteiger partial charge in [0.15, 0.2) is 0 Å². The van der Waals surface area contributed by atoms with E-state index in [9.17, 15) is 4.79 Å². The maximum Gasteiger partial charge on any atom is 0.244 e. The Kier molecular flexibility index (Phi) is 4.07. The van der Waals surface area contributed by atoms with Crippen molar-refractivity contribution < 1.29 is 4.79 Å². The highest BCUT2D eigenvalue weighted by molar-refractivity contribution is 5.89. The van der Waals surface area contributed by atoms with Crippen molar-refractivity contribution in [2.75, 3.05) is 0 Å². The van der Waals surface area contributed by atoms with Crippen LogP contribution in [0.2, 0.25) is 0 Å². The topological polar surface area (TPSA) is 32.3 Å². The first kappa shape index (κ1) is 14.4. The summed E-state index contributed by atoms with van der Waals surface area (Å²) in [6, 6.07) is 0.491. The molecule has 0 aromatic carbocycles. The second kappa shape index (κ2) is 5.67. The number of carbonyl (C=O) groups excluding carboxylic acids is 1. The van der Waals surface area contributed by atoms with Crippen LogP contribution in [-0.4, -0.2) is 28.6 Å². The van der Waals surface area contributed by atoms with Crippen LogP contribution < -0.4 is 5.32 Å². The molecular weight excluding hydrogens is 248 g/mol. The van der Waals surface area contributed by atoms with Crippen LogP contribution in [0.4, 0.5) is 0 Å². The summed E-state index contributed by atoms with van der Waals surface area (Å²) in [6.45, 7) is 4.58. The Hall–Kier alpha value is -0.570. The normalized spacial score (nSPS) is 37.6. The van der Waals surface area contributed by atoms with Gasteiger partial charge in [-0.25, -0.2) is 0 Å².